The Labute approximate surface area is 198 Å². The first-order chi connectivity index (χ1) is 14.1. The van der Waals surface area contributed by atoms with E-state index in [2.05, 4.69) is 29.8 Å². The summed E-state index contributed by atoms with van der Waals surface area (Å²) in [6.45, 7) is 5.95. The number of rotatable bonds is 7. The molecule has 0 bridgehead atoms. The van der Waals surface area contributed by atoms with Crippen LogP contribution in [0.5, 0.6) is 0 Å². The van der Waals surface area contributed by atoms with Gasteiger partial charge in [-0.05, 0) is 45.2 Å². The molecule has 1 aromatic carbocycles. The van der Waals surface area contributed by atoms with Crippen LogP contribution < -0.4 is 0 Å². The van der Waals surface area contributed by atoms with Crippen LogP contribution in [-0.4, -0.2) is 64.4 Å². The first-order valence-corrected chi connectivity index (χ1v) is 12.4. The Hall–Kier alpha value is -1.24. The second-order valence-corrected chi connectivity index (χ2v) is 12.2. The summed E-state index contributed by atoms with van der Waals surface area (Å²) in [6.07, 6.45) is 8.44. The second-order valence-electron chi connectivity index (χ2n) is 8.74. The molecular weight excluding hydrogens is 569 g/mol. The van der Waals surface area contributed by atoms with Gasteiger partial charge < -0.3 is 9.67 Å². The summed E-state index contributed by atoms with van der Waals surface area (Å²) in [5, 5.41) is 19.6. The number of para-hydroxylation sites is 1. The zero-order valence-electron chi connectivity index (χ0n) is 19.1. The van der Waals surface area contributed by atoms with Gasteiger partial charge in [-0.1, -0.05) is 50.8 Å². The van der Waals surface area contributed by atoms with Gasteiger partial charge in [-0.15, -0.1) is 0 Å². The van der Waals surface area contributed by atoms with Crippen LogP contribution in [-0.2, 0) is 5.54 Å². The van der Waals surface area contributed by atoms with Gasteiger partial charge in [0.05, 0.1) is 22.9 Å². The van der Waals surface area contributed by atoms with Crippen LogP contribution in [0, 0.1) is 11.3 Å². The van der Waals surface area contributed by atoms with Crippen molar-refractivity contribution in [2.24, 2.45) is 0 Å². The quantitative estimate of drug-likeness (QED) is 0.279. The Morgan fingerprint density at radius 1 is 1.27 bits per heavy atom. The van der Waals surface area contributed by atoms with Gasteiger partial charge in [-0.3, -0.25) is 4.79 Å². The Morgan fingerprint density at radius 2 is 1.87 bits per heavy atom. The molecule has 6 heteroatoms. The predicted octanol–water partition coefficient (Wildman–Crippen LogP) is 4.83. The Morgan fingerprint density at radius 3 is 2.33 bits per heavy atom. The molecule has 163 valence electrons. The SMILES string of the molecule is CCCCCCC(C)(C)O.C[N](C)[Pb].N#CC1(n2c(C=O)cc3ccccc32)CC1. The summed E-state index contributed by atoms with van der Waals surface area (Å²) in [5.74, 6) is 0. The molecule has 1 saturated carbocycles. The number of carbonyl (C=O) groups excluding carboxylic acids is 1. The van der Waals surface area contributed by atoms with Crippen molar-refractivity contribution in [1.29, 1.82) is 5.26 Å². The first kappa shape index (κ1) is 26.8. The number of fused-ring (bicyclic) bond motifs is 1. The minimum absolute atomic E-state index is 0.451. The van der Waals surface area contributed by atoms with Crippen molar-refractivity contribution in [3.63, 3.8) is 0 Å². The van der Waals surface area contributed by atoms with Gasteiger partial charge in [0.25, 0.3) is 0 Å². The Bertz CT molecular complexity index is 824. The summed E-state index contributed by atoms with van der Waals surface area (Å²) in [4.78, 5) is 11.1. The second kappa shape index (κ2) is 12.6. The maximum Gasteiger partial charge on any atom is 0.166 e. The zero-order chi connectivity index (χ0) is 22.8. The van der Waals surface area contributed by atoms with Crippen LogP contribution in [0.2, 0.25) is 0 Å². The molecule has 1 aliphatic rings. The number of unbranched alkanes of at least 4 members (excludes halogenated alkanes) is 3. The smallest absolute Gasteiger partial charge is 0.166 e. The van der Waals surface area contributed by atoms with E-state index in [9.17, 15) is 15.2 Å². The molecule has 0 aliphatic heterocycles. The van der Waals surface area contributed by atoms with E-state index in [1.54, 1.807) is 0 Å². The maximum absolute atomic E-state index is 11.1. The third-order valence-electron chi connectivity index (χ3n) is 4.86. The Balaban J connectivity index is 0.000000278. The average molecular weight is 606 g/mol. The van der Waals surface area contributed by atoms with E-state index in [4.69, 9.17) is 0 Å². The van der Waals surface area contributed by atoms with E-state index in [1.165, 1.54) is 45.3 Å². The molecule has 1 aliphatic carbocycles. The number of nitrogens with zero attached hydrogens (tertiary/aromatic N) is 3. The maximum atomic E-state index is 11.1. The van der Waals surface area contributed by atoms with E-state index < -0.39 is 11.1 Å². The Kier molecular flexibility index (Phi) is 11.2. The fraction of sp³-hybridized carbons (Fsp3) is 0.583. The van der Waals surface area contributed by atoms with Gasteiger partial charge in [0.1, 0.15) is 5.54 Å². The molecule has 0 amide bonds. The fourth-order valence-electron chi connectivity index (χ4n) is 3.23. The number of aldehydes is 1. The normalized spacial score (nSPS) is 14.2. The molecule has 2 aromatic rings. The van der Waals surface area contributed by atoms with Crippen molar-refractivity contribution in [3.8, 4) is 6.07 Å². The van der Waals surface area contributed by atoms with Crippen molar-refractivity contribution in [2.75, 3.05) is 14.1 Å². The first-order valence-electron chi connectivity index (χ1n) is 10.7. The number of carbonyl (C=O) groups is 1. The van der Waals surface area contributed by atoms with Gasteiger partial charge in [0.2, 0.25) is 0 Å². The van der Waals surface area contributed by atoms with E-state index in [1.807, 2.05) is 48.7 Å². The fourth-order valence-corrected chi connectivity index (χ4v) is 3.23. The molecule has 0 spiro atoms. The summed E-state index contributed by atoms with van der Waals surface area (Å²) in [6, 6.07) is 12.0. The molecule has 5 nitrogen and oxygen atoms in total. The molecule has 0 saturated heterocycles. The monoisotopic (exact) mass is 606 g/mol. The van der Waals surface area contributed by atoms with Crippen LogP contribution in [0.1, 0.15) is 76.2 Å². The average Bonchev–Trinajstić information content (AvgIpc) is 3.37. The topological polar surface area (TPSA) is 69.3 Å². The van der Waals surface area contributed by atoms with E-state index in [0.717, 1.165) is 42.9 Å². The van der Waals surface area contributed by atoms with E-state index in [-0.39, 0.29) is 0 Å². The molecular formula is C24H36N3O2Pb. The van der Waals surface area contributed by atoms with Gasteiger partial charge in [-0.25, -0.2) is 0 Å². The van der Waals surface area contributed by atoms with Crippen molar-refractivity contribution in [3.05, 3.63) is 36.0 Å². The molecule has 0 unspecified atom stereocenters. The molecule has 0 atom stereocenters. The molecule has 1 heterocycles. The van der Waals surface area contributed by atoms with Crippen molar-refractivity contribution in [1.82, 2.24) is 7.28 Å². The third-order valence-corrected chi connectivity index (χ3v) is 4.86. The molecule has 30 heavy (non-hydrogen) atoms. The van der Waals surface area contributed by atoms with Crippen LogP contribution in [0.3, 0.4) is 0 Å². The van der Waals surface area contributed by atoms with Gasteiger partial charge in [-0.2, -0.15) is 5.26 Å². The van der Waals surface area contributed by atoms with Gasteiger partial charge in [0.15, 0.2) is 6.29 Å². The predicted molar refractivity (Wildman–Crippen MR) is 125 cm³/mol. The minimum Gasteiger partial charge on any atom is -0.319 e. The zero-order valence-corrected chi connectivity index (χ0v) is 23.0. The van der Waals surface area contributed by atoms with Crippen LogP contribution in [0.25, 0.3) is 10.9 Å². The van der Waals surface area contributed by atoms with Gasteiger partial charge >= 0.3 is 42.9 Å². The summed E-state index contributed by atoms with van der Waals surface area (Å²) in [7, 11) is 4.12. The summed E-state index contributed by atoms with van der Waals surface area (Å²) >= 11 is 1.18. The summed E-state index contributed by atoms with van der Waals surface area (Å²) < 4.78 is 4.02. The van der Waals surface area contributed by atoms with Crippen molar-refractivity contribution < 1.29 is 9.90 Å². The third kappa shape index (κ3) is 8.86. The number of aliphatic hydroxyl groups is 1. The number of benzene rings is 1. The van der Waals surface area contributed by atoms with Crippen LogP contribution in [0.4, 0.5) is 0 Å². The standard InChI is InChI=1S/C13H10N2O.C9H20O.C2H6N.Pb/c14-9-13(5-6-13)15-11(8-16)7-10-3-1-2-4-12(10)15;1-4-5-6-7-8-9(2,3)10;1-3-2;/h1-4,7-8H,5-6H2;10H,4-8H2,1-3H3;1-2H3;/q;;-1;+1. The largest absolute Gasteiger partial charge is 0.319 e. The summed E-state index contributed by atoms with van der Waals surface area (Å²) in [5.41, 5.74) is 0.650. The van der Waals surface area contributed by atoms with Crippen LogP contribution in [0.15, 0.2) is 30.3 Å². The molecule has 1 fully saturated rings. The molecule has 1 N–H and O–H groups in total. The number of hydrogen-bond acceptors (Lipinski definition) is 4. The van der Waals surface area contributed by atoms with E-state index >= 15 is 0 Å². The minimum atomic E-state index is -0.473. The van der Waals surface area contributed by atoms with Crippen LogP contribution >= 0.6 is 0 Å². The molecule has 3 radical (unpaired) electrons. The van der Waals surface area contributed by atoms with Crippen molar-refractivity contribution in [2.45, 2.75) is 76.9 Å². The number of nitriles is 1. The number of hydrogen-bond donors (Lipinski definition) is 1. The van der Waals surface area contributed by atoms with E-state index in [0.29, 0.717) is 5.69 Å². The van der Waals surface area contributed by atoms with Crippen molar-refractivity contribution >= 4 is 43.3 Å². The number of aromatic nitrogens is 1. The molecule has 1 aromatic heterocycles. The molecule has 3 rings (SSSR count). The van der Waals surface area contributed by atoms with Gasteiger partial charge in [0, 0.05) is 5.39 Å².